The summed E-state index contributed by atoms with van der Waals surface area (Å²) in [4.78, 5) is 37.1. The zero-order valence-electron chi connectivity index (χ0n) is 11.4. The summed E-state index contributed by atoms with van der Waals surface area (Å²) in [6.45, 7) is -0.385. The van der Waals surface area contributed by atoms with E-state index in [1.165, 1.54) is 24.3 Å². The lowest BCUT2D eigenvalue weighted by Crippen LogP contribution is -2.37. The molecule has 0 aromatic heterocycles. The maximum absolute atomic E-state index is 12.8. The fraction of sp³-hybridized carbons (Fsp3) is 0.0625. The smallest absolute Gasteiger partial charge is 0.262 e. The Labute approximate surface area is 125 Å². The number of rotatable bonds is 3. The minimum atomic E-state index is -0.527. The number of hydrogen-bond donors (Lipinski definition) is 1. The molecule has 1 aliphatic rings. The minimum absolute atomic E-state index is 0.294. The molecule has 2 aromatic carbocycles. The number of halogens is 1. The molecule has 0 radical (unpaired) electrons. The molecule has 5 nitrogen and oxygen atoms in total. The van der Waals surface area contributed by atoms with Gasteiger partial charge in [-0.25, -0.2) is 4.39 Å². The van der Waals surface area contributed by atoms with E-state index < -0.39 is 23.5 Å². The second-order valence-electron chi connectivity index (χ2n) is 4.80. The molecule has 0 aliphatic carbocycles. The van der Waals surface area contributed by atoms with E-state index in [0.29, 0.717) is 16.8 Å². The van der Waals surface area contributed by atoms with Crippen molar-refractivity contribution in [2.75, 3.05) is 11.9 Å². The maximum Gasteiger partial charge on any atom is 0.262 e. The van der Waals surface area contributed by atoms with Crippen LogP contribution in [0.4, 0.5) is 10.1 Å². The number of carbonyl (C=O) groups excluding carboxylic acids is 3. The minimum Gasteiger partial charge on any atom is -0.325 e. The Morgan fingerprint density at radius 3 is 2.05 bits per heavy atom. The Balaban J connectivity index is 1.71. The standard InChI is InChI=1S/C16H11FN2O3/c17-10-5-7-11(8-6-10)18-14(20)9-19-15(21)12-3-1-2-4-13(12)16(19)22/h1-8H,9H2,(H,18,20). The van der Waals surface area contributed by atoms with Crippen molar-refractivity contribution in [3.8, 4) is 0 Å². The highest BCUT2D eigenvalue weighted by molar-refractivity contribution is 6.22. The molecule has 1 N–H and O–H groups in total. The van der Waals surface area contributed by atoms with E-state index in [0.717, 1.165) is 4.90 Å². The quantitative estimate of drug-likeness (QED) is 0.882. The number of nitrogens with zero attached hydrogens (tertiary/aromatic N) is 1. The normalized spacial score (nSPS) is 13.2. The molecule has 0 spiro atoms. The fourth-order valence-corrected chi connectivity index (χ4v) is 2.26. The Hall–Kier alpha value is -3.02. The fourth-order valence-electron chi connectivity index (χ4n) is 2.26. The van der Waals surface area contributed by atoms with Crippen molar-refractivity contribution >= 4 is 23.4 Å². The lowest BCUT2D eigenvalue weighted by Gasteiger charge is -2.13. The molecule has 0 bridgehead atoms. The third-order valence-corrected chi connectivity index (χ3v) is 3.31. The van der Waals surface area contributed by atoms with Crippen LogP contribution in [0.2, 0.25) is 0 Å². The van der Waals surface area contributed by atoms with Gasteiger partial charge in [-0.1, -0.05) is 12.1 Å². The molecule has 6 heteroatoms. The monoisotopic (exact) mass is 298 g/mol. The molecule has 3 amide bonds. The number of fused-ring (bicyclic) bond motifs is 1. The highest BCUT2D eigenvalue weighted by Crippen LogP contribution is 2.22. The average Bonchev–Trinajstić information content (AvgIpc) is 2.75. The lowest BCUT2D eigenvalue weighted by molar-refractivity contribution is -0.116. The van der Waals surface area contributed by atoms with Gasteiger partial charge >= 0.3 is 0 Å². The molecule has 1 aliphatic heterocycles. The van der Waals surface area contributed by atoms with Crippen molar-refractivity contribution in [1.29, 1.82) is 0 Å². The maximum atomic E-state index is 12.8. The van der Waals surface area contributed by atoms with E-state index in [1.807, 2.05) is 0 Å². The van der Waals surface area contributed by atoms with Gasteiger partial charge in [0.25, 0.3) is 11.8 Å². The molecule has 0 saturated heterocycles. The Morgan fingerprint density at radius 2 is 1.50 bits per heavy atom. The second-order valence-corrected chi connectivity index (χ2v) is 4.80. The van der Waals surface area contributed by atoms with Crippen molar-refractivity contribution in [2.24, 2.45) is 0 Å². The predicted molar refractivity (Wildman–Crippen MR) is 76.8 cm³/mol. The number of nitrogens with one attached hydrogen (secondary N) is 1. The number of amides is 3. The van der Waals surface area contributed by atoms with Crippen LogP contribution in [0, 0.1) is 5.82 Å². The summed E-state index contributed by atoms with van der Waals surface area (Å²) in [7, 11) is 0. The molecule has 22 heavy (non-hydrogen) atoms. The highest BCUT2D eigenvalue weighted by atomic mass is 19.1. The average molecular weight is 298 g/mol. The van der Waals surface area contributed by atoms with Crippen LogP contribution in [0.25, 0.3) is 0 Å². The summed E-state index contributed by atoms with van der Waals surface area (Å²) in [5.41, 5.74) is 0.979. The Morgan fingerprint density at radius 1 is 0.955 bits per heavy atom. The third kappa shape index (κ3) is 2.46. The van der Waals surface area contributed by atoms with Crippen molar-refractivity contribution in [1.82, 2.24) is 4.90 Å². The van der Waals surface area contributed by atoms with Gasteiger partial charge in [-0.05, 0) is 36.4 Å². The lowest BCUT2D eigenvalue weighted by atomic mass is 10.1. The molecular weight excluding hydrogens is 287 g/mol. The Bertz CT molecular complexity index is 736. The second kappa shape index (κ2) is 5.40. The van der Waals surface area contributed by atoms with Crippen molar-refractivity contribution in [2.45, 2.75) is 0 Å². The van der Waals surface area contributed by atoms with E-state index >= 15 is 0 Å². The largest absolute Gasteiger partial charge is 0.325 e. The predicted octanol–water partition coefficient (Wildman–Crippen LogP) is 2.06. The SMILES string of the molecule is O=C(CN1C(=O)c2ccccc2C1=O)Nc1ccc(F)cc1. The van der Waals surface area contributed by atoms with Crippen LogP contribution in [0.1, 0.15) is 20.7 Å². The van der Waals surface area contributed by atoms with Gasteiger partial charge < -0.3 is 5.32 Å². The first kappa shape index (κ1) is 13.9. The summed E-state index contributed by atoms with van der Waals surface area (Å²) >= 11 is 0. The molecule has 110 valence electrons. The van der Waals surface area contributed by atoms with Crippen molar-refractivity contribution in [3.63, 3.8) is 0 Å². The number of anilines is 1. The van der Waals surface area contributed by atoms with Gasteiger partial charge in [0.15, 0.2) is 0 Å². The van der Waals surface area contributed by atoms with E-state index in [4.69, 9.17) is 0 Å². The van der Waals surface area contributed by atoms with E-state index in [2.05, 4.69) is 5.32 Å². The molecule has 0 unspecified atom stereocenters. The van der Waals surface area contributed by atoms with Gasteiger partial charge in [0.05, 0.1) is 11.1 Å². The topological polar surface area (TPSA) is 66.5 Å². The van der Waals surface area contributed by atoms with Gasteiger partial charge in [-0.2, -0.15) is 0 Å². The van der Waals surface area contributed by atoms with Gasteiger partial charge in [0.2, 0.25) is 5.91 Å². The molecule has 0 saturated carbocycles. The van der Waals surface area contributed by atoms with Crippen LogP contribution in [-0.2, 0) is 4.79 Å². The summed E-state index contributed by atoms with van der Waals surface area (Å²) in [6, 6.07) is 11.6. The van der Waals surface area contributed by atoms with Gasteiger partial charge in [0.1, 0.15) is 12.4 Å². The molecular formula is C16H11FN2O3. The third-order valence-electron chi connectivity index (χ3n) is 3.31. The molecule has 1 heterocycles. The molecule has 0 fully saturated rings. The number of imide groups is 1. The number of hydrogen-bond acceptors (Lipinski definition) is 3. The van der Waals surface area contributed by atoms with Crippen LogP contribution in [0.15, 0.2) is 48.5 Å². The number of carbonyl (C=O) groups is 3. The first-order valence-electron chi connectivity index (χ1n) is 6.57. The summed E-state index contributed by atoms with van der Waals surface area (Å²) in [5, 5.41) is 2.51. The summed E-state index contributed by atoms with van der Waals surface area (Å²) < 4.78 is 12.8. The van der Waals surface area contributed by atoms with Gasteiger partial charge in [0, 0.05) is 5.69 Å². The van der Waals surface area contributed by atoms with E-state index in [9.17, 15) is 18.8 Å². The van der Waals surface area contributed by atoms with Gasteiger partial charge in [-0.15, -0.1) is 0 Å². The van der Waals surface area contributed by atoms with Crippen molar-refractivity contribution in [3.05, 3.63) is 65.5 Å². The number of benzene rings is 2. The van der Waals surface area contributed by atoms with Crippen LogP contribution in [0.5, 0.6) is 0 Å². The first-order valence-corrected chi connectivity index (χ1v) is 6.57. The van der Waals surface area contributed by atoms with Crippen LogP contribution in [-0.4, -0.2) is 29.2 Å². The summed E-state index contributed by atoms with van der Waals surface area (Å²) in [6.07, 6.45) is 0. The highest BCUT2D eigenvalue weighted by Gasteiger charge is 2.36. The summed E-state index contributed by atoms with van der Waals surface area (Å²) in [5.74, 6) is -1.93. The molecule has 3 rings (SSSR count). The molecule has 2 aromatic rings. The van der Waals surface area contributed by atoms with E-state index in [1.54, 1.807) is 24.3 Å². The van der Waals surface area contributed by atoms with Gasteiger partial charge in [-0.3, -0.25) is 19.3 Å². The zero-order chi connectivity index (χ0) is 15.7. The van der Waals surface area contributed by atoms with Crippen LogP contribution >= 0.6 is 0 Å². The molecule has 0 atom stereocenters. The van der Waals surface area contributed by atoms with Crippen molar-refractivity contribution < 1.29 is 18.8 Å². The van der Waals surface area contributed by atoms with E-state index in [-0.39, 0.29) is 6.54 Å². The first-order chi connectivity index (χ1) is 10.6. The Kier molecular flexibility index (Phi) is 3.42. The van der Waals surface area contributed by atoms with Crippen LogP contribution < -0.4 is 5.32 Å². The van der Waals surface area contributed by atoms with Crippen LogP contribution in [0.3, 0.4) is 0 Å². The zero-order valence-corrected chi connectivity index (χ0v) is 11.4.